The van der Waals surface area contributed by atoms with Crippen LogP contribution in [0.25, 0.3) is 10.2 Å². The predicted octanol–water partition coefficient (Wildman–Crippen LogP) is 3.13. The van der Waals surface area contributed by atoms with Crippen LogP contribution in [0.15, 0.2) is 33.7 Å². The minimum absolute atomic E-state index is 0.0355. The van der Waals surface area contributed by atoms with Crippen molar-refractivity contribution in [1.29, 1.82) is 0 Å². The van der Waals surface area contributed by atoms with Crippen molar-refractivity contribution < 1.29 is 17.7 Å². The average Bonchev–Trinajstić information content (AvgIpc) is 3.17. The fourth-order valence-corrected chi connectivity index (χ4v) is 5.85. The quantitative estimate of drug-likeness (QED) is 0.677. The van der Waals surface area contributed by atoms with Gasteiger partial charge in [-0.2, -0.15) is 4.31 Å². The van der Waals surface area contributed by atoms with Gasteiger partial charge in [0.1, 0.15) is 16.7 Å². The molecule has 0 spiro atoms. The Hall–Kier alpha value is -1.97. The fourth-order valence-electron chi connectivity index (χ4n) is 3.21. The molecular weight excluding hydrogens is 374 g/mol. The van der Waals surface area contributed by atoms with Crippen molar-refractivity contribution >= 4 is 31.6 Å². The van der Waals surface area contributed by atoms with Gasteiger partial charge in [-0.15, -0.1) is 0 Å². The van der Waals surface area contributed by atoms with E-state index in [9.17, 15) is 8.42 Å². The monoisotopic (exact) mass is 393 g/mol. The first-order chi connectivity index (χ1) is 12.4. The lowest BCUT2D eigenvalue weighted by Gasteiger charge is -2.30. The van der Waals surface area contributed by atoms with Gasteiger partial charge in [0.05, 0.1) is 10.2 Å². The molecule has 3 aromatic rings. The molecule has 26 heavy (non-hydrogen) atoms. The van der Waals surface area contributed by atoms with E-state index in [4.69, 9.17) is 9.26 Å². The first-order valence-corrected chi connectivity index (χ1v) is 10.7. The normalized spacial score (nSPS) is 17.0. The van der Waals surface area contributed by atoms with E-state index in [0.717, 1.165) is 10.2 Å². The number of benzene rings is 1. The second kappa shape index (κ2) is 6.64. The number of thiazole rings is 1. The molecule has 0 aliphatic carbocycles. The topological polar surface area (TPSA) is 85.5 Å². The number of rotatable bonds is 4. The fraction of sp³-hybridized carbons (Fsp3) is 0.412. The lowest BCUT2D eigenvalue weighted by molar-refractivity contribution is 0.135. The van der Waals surface area contributed by atoms with E-state index in [1.165, 1.54) is 15.6 Å². The number of fused-ring (bicyclic) bond motifs is 1. The van der Waals surface area contributed by atoms with Gasteiger partial charge >= 0.3 is 0 Å². The first-order valence-electron chi connectivity index (χ1n) is 8.40. The predicted molar refractivity (Wildman–Crippen MR) is 98.0 cm³/mol. The molecule has 1 aromatic carbocycles. The third kappa shape index (κ3) is 3.10. The molecule has 2 aromatic heterocycles. The van der Waals surface area contributed by atoms with E-state index in [0.29, 0.717) is 42.6 Å². The molecule has 1 aliphatic heterocycles. The third-order valence-corrected chi connectivity index (χ3v) is 7.58. The molecule has 7 nitrogen and oxygen atoms in total. The summed E-state index contributed by atoms with van der Waals surface area (Å²) in [5.74, 6) is 0.329. The number of aryl methyl sites for hydroxylation is 2. The van der Waals surface area contributed by atoms with E-state index >= 15 is 0 Å². The largest absolute Gasteiger partial charge is 0.467 e. The molecule has 0 radical (unpaired) electrons. The van der Waals surface area contributed by atoms with Crippen molar-refractivity contribution in [2.75, 3.05) is 13.1 Å². The Morgan fingerprint density at radius 2 is 1.96 bits per heavy atom. The highest BCUT2D eigenvalue weighted by Gasteiger charge is 2.34. The SMILES string of the molecule is Cc1noc(C)c1S(=O)(=O)N1CCC(Oc2nc3ccccc3s2)CC1. The number of para-hydroxylation sites is 1. The third-order valence-electron chi connectivity index (χ3n) is 4.51. The van der Waals surface area contributed by atoms with Crippen molar-refractivity contribution in [2.45, 2.75) is 37.7 Å². The van der Waals surface area contributed by atoms with Gasteiger partial charge in [0.25, 0.3) is 5.19 Å². The van der Waals surface area contributed by atoms with Crippen molar-refractivity contribution in [2.24, 2.45) is 0 Å². The van der Waals surface area contributed by atoms with Crippen LogP contribution < -0.4 is 4.74 Å². The Balaban J connectivity index is 1.44. The molecule has 0 bridgehead atoms. The second-order valence-electron chi connectivity index (χ2n) is 6.32. The van der Waals surface area contributed by atoms with Crippen molar-refractivity contribution in [3.05, 3.63) is 35.7 Å². The number of aromatic nitrogens is 2. The van der Waals surface area contributed by atoms with Gasteiger partial charge < -0.3 is 9.26 Å². The van der Waals surface area contributed by atoms with Crippen LogP contribution in [0.3, 0.4) is 0 Å². The summed E-state index contributed by atoms with van der Waals surface area (Å²) in [7, 11) is -3.59. The van der Waals surface area contributed by atoms with Gasteiger partial charge in [-0.1, -0.05) is 28.6 Å². The number of hydrogen-bond donors (Lipinski definition) is 0. The van der Waals surface area contributed by atoms with E-state index in [1.54, 1.807) is 13.8 Å². The number of ether oxygens (including phenoxy) is 1. The number of nitrogens with zero attached hydrogens (tertiary/aromatic N) is 3. The summed E-state index contributed by atoms with van der Waals surface area (Å²) in [6.45, 7) is 4.08. The Morgan fingerprint density at radius 3 is 2.62 bits per heavy atom. The van der Waals surface area contributed by atoms with Gasteiger partial charge in [0.2, 0.25) is 10.0 Å². The molecule has 1 aliphatic rings. The molecule has 3 heterocycles. The second-order valence-corrected chi connectivity index (χ2v) is 9.19. The van der Waals surface area contributed by atoms with E-state index < -0.39 is 10.0 Å². The zero-order valence-corrected chi connectivity index (χ0v) is 16.1. The van der Waals surface area contributed by atoms with Crippen LogP contribution in [0.2, 0.25) is 0 Å². The molecule has 1 fully saturated rings. The van der Waals surface area contributed by atoms with Crippen LogP contribution in [-0.2, 0) is 10.0 Å². The van der Waals surface area contributed by atoms with Gasteiger partial charge in [-0.3, -0.25) is 0 Å². The molecule has 138 valence electrons. The number of hydrogen-bond acceptors (Lipinski definition) is 7. The lowest BCUT2D eigenvalue weighted by Crippen LogP contribution is -2.42. The van der Waals surface area contributed by atoms with Crippen molar-refractivity contribution in [3.8, 4) is 5.19 Å². The average molecular weight is 393 g/mol. The molecule has 1 saturated heterocycles. The zero-order valence-electron chi connectivity index (χ0n) is 14.5. The molecule has 0 amide bonds. The molecular formula is C17H19N3O4S2. The minimum Gasteiger partial charge on any atom is -0.467 e. The van der Waals surface area contributed by atoms with E-state index in [2.05, 4.69) is 10.1 Å². The summed E-state index contributed by atoms with van der Waals surface area (Å²) >= 11 is 1.51. The highest BCUT2D eigenvalue weighted by atomic mass is 32.2. The summed E-state index contributed by atoms with van der Waals surface area (Å²) in [5.41, 5.74) is 1.32. The summed E-state index contributed by atoms with van der Waals surface area (Å²) in [6, 6.07) is 7.89. The van der Waals surface area contributed by atoms with Crippen LogP contribution in [-0.4, -0.2) is 42.1 Å². The van der Waals surface area contributed by atoms with E-state index in [-0.39, 0.29) is 11.0 Å². The van der Waals surface area contributed by atoms with Crippen LogP contribution in [0.5, 0.6) is 5.19 Å². The van der Waals surface area contributed by atoms with Crippen LogP contribution >= 0.6 is 11.3 Å². The Morgan fingerprint density at radius 1 is 1.23 bits per heavy atom. The van der Waals surface area contributed by atoms with Crippen LogP contribution in [0, 0.1) is 13.8 Å². The minimum atomic E-state index is -3.59. The standard InChI is InChI=1S/C17H19N3O4S2/c1-11-16(12(2)24-19-11)26(21,22)20-9-7-13(8-10-20)23-17-18-14-5-3-4-6-15(14)25-17/h3-6,13H,7-10H2,1-2H3. The van der Waals surface area contributed by atoms with Gasteiger partial charge in [-0.25, -0.2) is 13.4 Å². The smallest absolute Gasteiger partial charge is 0.274 e. The highest BCUT2D eigenvalue weighted by Crippen LogP contribution is 2.31. The number of piperidine rings is 1. The molecule has 0 saturated carbocycles. The molecule has 0 atom stereocenters. The van der Waals surface area contributed by atoms with Crippen LogP contribution in [0.4, 0.5) is 0 Å². The first kappa shape index (κ1) is 17.4. The maximum Gasteiger partial charge on any atom is 0.274 e. The summed E-state index contributed by atoms with van der Waals surface area (Å²) in [4.78, 5) is 4.67. The maximum absolute atomic E-state index is 12.8. The summed E-state index contributed by atoms with van der Waals surface area (Å²) < 4.78 is 39.3. The summed E-state index contributed by atoms with van der Waals surface area (Å²) in [5, 5.41) is 4.39. The Labute approximate surface area is 155 Å². The van der Waals surface area contributed by atoms with Crippen LogP contribution in [0.1, 0.15) is 24.3 Å². The van der Waals surface area contributed by atoms with Gasteiger partial charge in [0, 0.05) is 13.1 Å². The van der Waals surface area contributed by atoms with Gasteiger partial charge in [-0.05, 0) is 38.8 Å². The molecule has 0 N–H and O–H groups in total. The number of sulfonamides is 1. The van der Waals surface area contributed by atoms with Crippen molar-refractivity contribution in [1.82, 2.24) is 14.4 Å². The zero-order chi connectivity index (χ0) is 18.3. The van der Waals surface area contributed by atoms with Gasteiger partial charge in [0.15, 0.2) is 5.76 Å². The van der Waals surface area contributed by atoms with E-state index in [1.807, 2.05) is 24.3 Å². The van der Waals surface area contributed by atoms with Crippen molar-refractivity contribution in [3.63, 3.8) is 0 Å². The highest BCUT2D eigenvalue weighted by molar-refractivity contribution is 7.89. The lowest BCUT2D eigenvalue weighted by atomic mass is 10.1. The molecule has 9 heteroatoms. The molecule has 4 rings (SSSR count). The summed E-state index contributed by atoms with van der Waals surface area (Å²) in [6.07, 6.45) is 1.21. The molecule has 0 unspecified atom stereocenters. The maximum atomic E-state index is 12.8. The Bertz CT molecular complexity index is 981. The Kier molecular flexibility index (Phi) is 4.45.